The Morgan fingerprint density at radius 1 is 0.505 bits per heavy atom. The van der Waals surface area contributed by atoms with Crippen LogP contribution in [0.3, 0.4) is 0 Å². The van der Waals surface area contributed by atoms with Crippen LogP contribution in [0, 0.1) is 32.2 Å². The predicted octanol–water partition coefficient (Wildman–Crippen LogP) is 17.5. The zero-order chi connectivity index (χ0) is 82.2. The van der Waals surface area contributed by atoms with Crippen molar-refractivity contribution in [3.8, 4) is 84.3 Å². The summed E-state index contributed by atoms with van der Waals surface area (Å²) in [4.78, 5) is 4.85. The van der Waals surface area contributed by atoms with Crippen LogP contribution in [0.1, 0.15) is 71.7 Å². The third-order valence-corrected chi connectivity index (χ3v) is 20.6. The number of ether oxygens (including phenoxy) is 1. The number of para-hydroxylation sites is 3. The summed E-state index contributed by atoms with van der Waals surface area (Å²) in [5, 5.41) is -2.15. The van der Waals surface area contributed by atoms with Crippen molar-refractivity contribution >= 4 is 61.7 Å². The fraction of sp³-hybridized carbons (Fsp3) is 0.0714. The van der Waals surface area contributed by atoms with Gasteiger partial charge >= 0.3 is 0 Å². The molecule has 0 saturated heterocycles. The Hall–Kier alpha value is -10.2. The van der Waals surface area contributed by atoms with E-state index in [1.807, 2.05) is 83.4 Å². The van der Waals surface area contributed by atoms with Gasteiger partial charge in [-0.1, -0.05) is 250 Å². The number of pyridine rings is 1. The summed E-state index contributed by atoms with van der Waals surface area (Å²) in [5.41, 5.74) is 4.91. The van der Waals surface area contributed by atoms with Crippen LogP contribution in [0.25, 0.3) is 106 Å². The molecule has 440 valence electrons. The van der Waals surface area contributed by atoms with Gasteiger partial charge in [0.1, 0.15) is 5.82 Å². The molecule has 16 rings (SSSR count). The summed E-state index contributed by atoms with van der Waals surface area (Å²) in [5.74, 6) is 1.27. The van der Waals surface area contributed by atoms with Crippen molar-refractivity contribution in [2.24, 2.45) is 0 Å². The summed E-state index contributed by atoms with van der Waals surface area (Å²) >= 11 is 0. The third kappa shape index (κ3) is 9.63. The van der Waals surface area contributed by atoms with Crippen molar-refractivity contribution < 1.29 is 64.6 Å². The van der Waals surface area contributed by atoms with Gasteiger partial charge in [-0.2, -0.15) is 18.2 Å². The molecule has 1 aliphatic rings. The second-order valence-electron chi connectivity index (χ2n) is 22.8. The summed E-state index contributed by atoms with van der Waals surface area (Å²) in [7, 11) is -6.31. The van der Waals surface area contributed by atoms with E-state index in [4.69, 9.17) is 30.3 Å². The number of hydrogen-bond donors (Lipinski definition) is 0. The molecule has 0 spiro atoms. The molecule has 1 aliphatic heterocycles. The fourth-order valence-corrected chi connectivity index (χ4v) is 16.1. The number of nitrogens with zero attached hydrogens (tertiary/aromatic N) is 4. The first-order valence-corrected chi connectivity index (χ1v) is 30.9. The number of benzene rings is 12. The normalized spacial score (nSPS) is 16.1. The second-order valence-corrected chi connectivity index (χ2v) is 26.3. The summed E-state index contributed by atoms with van der Waals surface area (Å²) in [6, 6.07) is 33.6. The van der Waals surface area contributed by atoms with Crippen LogP contribution < -0.4 is 30.1 Å². The van der Waals surface area contributed by atoms with Crippen LogP contribution >= 0.6 is 0 Å². The van der Waals surface area contributed by atoms with Crippen molar-refractivity contribution in [3.05, 3.63) is 320 Å². The van der Waals surface area contributed by atoms with Gasteiger partial charge in [-0.05, 0) is 148 Å². The van der Waals surface area contributed by atoms with Gasteiger partial charge in [0, 0.05) is 52.5 Å². The average Bonchev–Trinajstić information content (AvgIpc) is 0.861. The maximum Gasteiger partial charge on any atom is 0.268 e. The van der Waals surface area contributed by atoms with Crippen molar-refractivity contribution in [2.75, 3.05) is 0 Å². The molecule has 3 aromatic heterocycles. The van der Waals surface area contributed by atoms with Crippen LogP contribution in [-0.4, -0.2) is 22.2 Å². The zero-order valence-corrected chi connectivity index (χ0v) is 52.0. The quantitative estimate of drug-likeness (QED) is 0.0592. The molecule has 12 aromatic carbocycles. The van der Waals surface area contributed by atoms with Crippen LogP contribution in [0.2, 0.25) is 0 Å². The molecular formula is C84H62N4OPtSi-2. The minimum Gasteiger partial charge on any atom is -0.510 e. The van der Waals surface area contributed by atoms with Gasteiger partial charge in [0.15, 0.2) is 8.07 Å². The SMILES string of the molecule is [2H]c1c([2H])c([2H])c([Si](c2c([2H])c([2H])c([2H])c([2H])c2[2H])(c2c([2H])c([2H])c([2H])c([2H])c2[2H])c2c([2H])c([2H])c([2H])c(-c3ccc4c(c3)-c3cccc(-c5c(C([2H])([2H])[2H])cccc5C([2H])([2H])[2H])c3-[n+]3[c-]n(-c5[c-]c(Oc6[c-]c7c(cc6)c6ccccc6n7-c6cc(C(C)(C)C)ccn6)ccc5)c5cccc(c53)-c3ccccc3-4)c2[2H])c([2H])c1[2H].[Pt]. The molecule has 5 nitrogen and oxygen atoms in total. The molecule has 0 bridgehead atoms. The number of aromatic nitrogens is 4. The Balaban J connectivity index is 0.0000106. The minimum atomic E-state index is -6.31. The van der Waals surface area contributed by atoms with E-state index in [1.165, 1.54) is 30.3 Å². The van der Waals surface area contributed by atoms with Gasteiger partial charge in [-0.3, -0.25) is 4.57 Å². The van der Waals surface area contributed by atoms with Crippen molar-refractivity contribution in [1.29, 1.82) is 0 Å². The van der Waals surface area contributed by atoms with Gasteiger partial charge in [0.05, 0.1) is 42.8 Å². The number of fused-ring (bicyclic) bond motifs is 10. The van der Waals surface area contributed by atoms with Crippen LogP contribution in [0.15, 0.2) is 285 Å². The molecule has 0 amide bonds. The smallest absolute Gasteiger partial charge is 0.268 e. The Morgan fingerprint density at radius 3 is 1.84 bits per heavy atom. The van der Waals surface area contributed by atoms with E-state index in [2.05, 4.69) is 45.3 Å². The monoisotopic (exact) mass is 1390 g/mol. The van der Waals surface area contributed by atoms with E-state index in [0.717, 1.165) is 21.9 Å². The van der Waals surface area contributed by atoms with Gasteiger partial charge in [0.2, 0.25) is 0 Å². The van der Waals surface area contributed by atoms with Crippen molar-refractivity contribution in [3.63, 3.8) is 0 Å². The molecule has 0 fully saturated rings. The van der Waals surface area contributed by atoms with Gasteiger partial charge < -0.3 is 13.9 Å². The predicted molar refractivity (Wildman–Crippen MR) is 372 cm³/mol. The molecule has 4 heterocycles. The largest absolute Gasteiger partial charge is 0.510 e. The van der Waals surface area contributed by atoms with Crippen molar-refractivity contribution in [1.82, 2.24) is 14.1 Å². The van der Waals surface area contributed by atoms with E-state index in [-0.39, 0.29) is 76.9 Å². The van der Waals surface area contributed by atoms with Gasteiger partial charge in [-0.25, -0.2) is 4.98 Å². The number of hydrogen-bond acceptors (Lipinski definition) is 2. The summed E-state index contributed by atoms with van der Waals surface area (Å²) in [6.45, 7) is 0.454. The minimum absolute atomic E-state index is 0. The van der Waals surface area contributed by atoms with E-state index in [9.17, 15) is 13.7 Å². The first kappa shape index (κ1) is 35.8. The molecule has 0 unspecified atom stereocenters. The fourth-order valence-electron chi connectivity index (χ4n) is 12.5. The molecule has 0 atom stereocenters. The molecule has 0 N–H and O–H groups in total. The molecule has 7 heteroatoms. The Bertz CT molecular complexity index is 6460. The van der Waals surface area contributed by atoms with E-state index < -0.39 is 163 Å². The van der Waals surface area contributed by atoms with Crippen LogP contribution in [-0.2, 0) is 26.5 Å². The average molecular weight is 1390 g/mol. The van der Waals surface area contributed by atoms with E-state index in [0.29, 0.717) is 56.1 Å². The number of rotatable bonds is 10. The Kier molecular flexibility index (Phi) is 9.04. The summed E-state index contributed by atoms with van der Waals surface area (Å²) < 4.78 is 248. The first-order chi connectivity index (χ1) is 54.4. The number of aryl methyl sites for hydroxylation is 2. The topological polar surface area (TPSA) is 35.9 Å². The molecule has 0 saturated carbocycles. The van der Waals surface area contributed by atoms with Gasteiger partial charge in [0.25, 0.3) is 6.33 Å². The van der Waals surface area contributed by atoms with E-state index >= 15 is 0 Å². The van der Waals surface area contributed by atoms with Crippen molar-refractivity contribution in [2.45, 2.75) is 39.9 Å². The van der Waals surface area contributed by atoms with Crippen LogP contribution in [0.5, 0.6) is 11.5 Å². The standard InChI is InChI=1S/C84H62N4OSi.Pt/c1-56-24-19-25-57(2)81(56)75-41-22-39-74-76-51-59(58-26-20-35-67(50-58)90(64-29-9-6-10-30-64,65-31-11-7-12-32-65)66-33-13-8-14-34-66)44-46-70(76)68-36-15-16-37-69(68)73-40-23-43-78-83(73)87(82(74)75)55-86(78)61-27-21-28-62(53-61)89-63-45-47-72-71-38-17-18-42-77(71)88(79(72)54-63)80-52-60(48-49-85-80)84(3,4)5;/h6-52H,1-5H3;/q-2;/i1D3,2D3,6D,7D,8D,9D,10D,11D,12D,13D,14D,20D,26D,29D,30D,31D,32D,33D,34D,35D,50D;. The Labute approximate surface area is 582 Å². The van der Waals surface area contributed by atoms with Crippen LogP contribution in [0.4, 0.5) is 0 Å². The first-order valence-electron chi connectivity index (χ1n) is 41.4. The zero-order valence-electron chi connectivity index (χ0n) is 73.7. The molecule has 91 heavy (non-hydrogen) atoms. The van der Waals surface area contributed by atoms with E-state index in [1.54, 1.807) is 63.9 Å². The molecular weight excluding hydrogens is 1300 g/mol. The maximum absolute atomic E-state index is 10.8. The molecule has 0 aliphatic carbocycles. The maximum atomic E-state index is 10.8. The molecule has 0 radical (unpaired) electrons. The molecule has 15 aromatic rings. The third-order valence-electron chi connectivity index (χ3n) is 16.6. The number of imidazole rings is 1. The van der Waals surface area contributed by atoms with Gasteiger partial charge in [-0.15, -0.1) is 29.7 Å². The second kappa shape index (κ2) is 23.0. The Morgan fingerprint density at radius 2 is 1.11 bits per heavy atom. The summed E-state index contributed by atoms with van der Waals surface area (Å²) in [6.07, 6.45) is 5.40.